The van der Waals surface area contributed by atoms with E-state index in [1.807, 2.05) is 13.0 Å². The van der Waals surface area contributed by atoms with Gasteiger partial charge in [-0.05, 0) is 48.4 Å². The zero-order valence-corrected chi connectivity index (χ0v) is 17.9. The van der Waals surface area contributed by atoms with E-state index in [1.54, 1.807) is 30.3 Å². The quantitative estimate of drug-likeness (QED) is 0.470. The van der Waals surface area contributed by atoms with Gasteiger partial charge in [-0.2, -0.15) is 0 Å². The average molecular weight is 434 g/mol. The Morgan fingerprint density at radius 3 is 2.81 bits per heavy atom. The Morgan fingerprint density at radius 2 is 2.09 bits per heavy atom. The van der Waals surface area contributed by atoms with Gasteiger partial charge in [0.1, 0.15) is 5.75 Å². The maximum atomic E-state index is 13.8. The van der Waals surface area contributed by atoms with E-state index in [-0.39, 0.29) is 23.4 Å². The van der Waals surface area contributed by atoms with Gasteiger partial charge in [-0.15, -0.1) is 0 Å². The lowest BCUT2D eigenvalue weighted by Crippen LogP contribution is -2.60. The minimum absolute atomic E-state index is 0.140. The fourth-order valence-electron chi connectivity index (χ4n) is 4.74. The molecule has 32 heavy (non-hydrogen) atoms. The van der Waals surface area contributed by atoms with Gasteiger partial charge in [-0.25, -0.2) is 4.79 Å². The monoisotopic (exact) mass is 434 g/mol. The Hall–Kier alpha value is -3.32. The lowest BCUT2D eigenvalue weighted by atomic mass is 9.82. The molecule has 2 aliphatic carbocycles. The molecule has 0 spiro atoms. The summed E-state index contributed by atoms with van der Waals surface area (Å²) in [6.07, 6.45) is 2.93. The smallest absolute Gasteiger partial charge is 0.408 e. The summed E-state index contributed by atoms with van der Waals surface area (Å²) >= 11 is 0. The van der Waals surface area contributed by atoms with E-state index in [9.17, 15) is 14.7 Å². The number of fused-ring (bicyclic) bond motifs is 5. The zero-order chi connectivity index (χ0) is 22.7. The summed E-state index contributed by atoms with van der Waals surface area (Å²) in [6.45, 7) is 6.36. The predicted molar refractivity (Wildman–Crippen MR) is 119 cm³/mol. The number of ketones is 1. The van der Waals surface area contributed by atoms with Crippen molar-refractivity contribution in [1.29, 1.82) is 0 Å². The van der Waals surface area contributed by atoms with Crippen LogP contribution in [0.3, 0.4) is 0 Å². The third-order valence-electron chi connectivity index (χ3n) is 6.64. The molecular formula is C25H26N2O5. The Bertz CT molecular complexity index is 1160. The van der Waals surface area contributed by atoms with Crippen molar-refractivity contribution in [2.24, 2.45) is 5.92 Å². The highest BCUT2D eigenvalue weighted by atomic mass is 16.6. The van der Waals surface area contributed by atoms with Crippen LogP contribution in [-0.4, -0.2) is 23.6 Å². The van der Waals surface area contributed by atoms with Crippen molar-refractivity contribution in [3.63, 3.8) is 0 Å². The summed E-state index contributed by atoms with van der Waals surface area (Å²) in [6, 6.07) is 10.1. The number of ether oxygens (including phenoxy) is 2. The van der Waals surface area contributed by atoms with Gasteiger partial charge in [0, 0.05) is 16.8 Å². The molecule has 0 aromatic heterocycles. The fourth-order valence-corrected chi connectivity index (χ4v) is 4.74. The first-order valence-electron chi connectivity index (χ1n) is 11.0. The first kappa shape index (κ1) is 20.6. The molecule has 1 aliphatic heterocycles. The summed E-state index contributed by atoms with van der Waals surface area (Å²) in [4.78, 5) is 26.5. The minimum Gasteiger partial charge on any atom is -0.454 e. The summed E-state index contributed by atoms with van der Waals surface area (Å²) in [5.74, 6) is -1.92. The number of nitrogen functional groups attached to an aromatic ring is 1. The fraction of sp³-hybridized carbons (Fsp3) is 0.360. The Kier molecular flexibility index (Phi) is 4.57. The number of hydrogen-bond donors (Lipinski definition) is 3. The second kappa shape index (κ2) is 7.10. The largest absolute Gasteiger partial charge is 0.454 e. The number of alkyl carbamates (subject to hydrolysis) is 1. The zero-order valence-electron chi connectivity index (χ0n) is 17.9. The van der Waals surface area contributed by atoms with Crippen LogP contribution in [-0.2, 0) is 16.1 Å². The Balaban J connectivity index is 1.62. The Morgan fingerprint density at radius 1 is 1.31 bits per heavy atom. The van der Waals surface area contributed by atoms with Crippen molar-refractivity contribution in [2.75, 3.05) is 12.3 Å². The van der Waals surface area contributed by atoms with Gasteiger partial charge in [0.25, 0.3) is 5.79 Å². The molecule has 2 aromatic carbocycles. The number of carbonyl (C=O) groups excluding carboxylic acids is 2. The summed E-state index contributed by atoms with van der Waals surface area (Å²) in [5, 5.41) is 14.5. The van der Waals surface area contributed by atoms with Crippen LogP contribution in [0.2, 0.25) is 0 Å². The summed E-state index contributed by atoms with van der Waals surface area (Å²) in [7, 11) is 0. The number of Topliss-reactive ketones (excluding diaryl/α,β-unsaturated/α-hetero) is 1. The van der Waals surface area contributed by atoms with Crippen molar-refractivity contribution >= 4 is 23.1 Å². The lowest BCUT2D eigenvalue weighted by molar-refractivity contribution is -0.169. The number of amides is 1. The van der Waals surface area contributed by atoms with E-state index in [4.69, 9.17) is 15.2 Å². The highest BCUT2D eigenvalue weighted by molar-refractivity contribution is 6.15. The molecule has 7 nitrogen and oxygen atoms in total. The van der Waals surface area contributed by atoms with Crippen LogP contribution in [0.15, 0.2) is 43.0 Å². The molecule has 2 aromatic rings. The maximum absolute atomic E-state index is 13.8. The number of nitrogens with two attached hydrogens (primary N) is 1. The van der Waals surface area contributed by atoms with Crippen LogP contribution in [0.1, 0.15) is 59.7 Å². The van der Waals surface area contributed by atoms with Gasteiger partial charge in [0.05, 0.1) is 12.2 Å². The molecule has 0 bridgehead atoms. The number of nitrogens with one attached hydrogen (secondary N) is 1. The molecule has 1 saturated carbocycles. The molecular weight excluding hydrogens is 408 g/mol. The van der Waals surface area contributed by atoms with Crippen molar-refractivity contribution in [3.05, 3.63) is 65.2 Å². The normalized spacial score (nSPS) is 24.9. The van der Waals surface area contributed by atoms with Crippen LogP contribution in [0.25, 0.3) is 5.57 Å². The van der Waals surface area contributed by atoms with Crippen LogP contribution < -0.4 is 15.8 Å². The highest BCUT2D eigenvalue weighted by Gasteiger charge is 2.72. The average Bonchev–Trinajstić information content (AvgIpc) is 3.55. The summed E-state index contributed by atoms with van der Waals surface area (Å²) < 4.78 is 11.3. The van der Waals surface area contributed by atoms with Gasteiger partial charge in [0.2, 0.25) is 11.3 Å². The van der Waals surface area contributed by atoms with Crippen LogP contribution in [0.5, 0.6) is 5.75 Å². The number of unbranched alkanes of at least 4 members (excludes halogenated alkanes) is 1. The van der Waals surface area contributed by atoms with E-state index in [2.05, 4.69) is 11.9 Å². The molecule has 1 heterocycles. The SMILES string of the molecule is C=C(c1ccc2c(c1)O[C@]1(O)c3cccc(N)c3C(=O)[C@]21NC(=O)OCCCC)C1CC1. The number of anilines is 1. The number of benzene rings is 2. The van der Waals surface area contributed by atoms with E-state index >= 15 is 0 Å². The third kappa shape index (κ3) is 2.70. The lowest BCUT2D eigenvalue weighted by Gasteiger charge is -2.33. The van der Waals surface area contributed by atoms with Crippen molar-refractivity contribution in [1.82, 2.24) is 5.32 Å². The molecule has 4 N–H and O–H groups in total. The molecule has 7 heteroatoms. The second-order valence-electron chi connectivity index (χ2n) is 8.72. The standard InChI is InChI=1S/C25H26N2O5/c1-3-4-12-31-23(29)27-24-17-11-10-16(14(2)15-8-9-15)13-20(17)32-25(24,30)18-6-5-7-19(26)21(18)22(24)28/h5-7,10-11,13,15,30H,2-4,8-9,12,26H2,1H3,(H,27,29)/t24-,25-/m1/s1. The molecule has 166 valence electrons. The number of allylic oxidation sites excluding steroid dienone is 1. The van der Waals surface area contributed by atoms with E-state index < -0.39 is 23.2 Å². The molecule has 3 aliphatic rings. The van der Waals surface area contributed by atoms with Crippen LogP contribution in [0.4, 0.5) is 10.5 Å². The number of carbonyl (C=O) groups is 2. The second-order valence-corrected chi connectivity index (χ2v) is 8.72. The molecule has 0 radical (unpaired) electrons. The van der Waals surface area contributed by atoms with Gasteiger partial charge in [-0.3, -0.25) is 10.1 Å². The number of aliphatic hydroxyl groups is 1. The predicted octanol–water partition coefficient (Wildman–Crippen LogP) is 3.85. The molecule has 1 fully saturated rings. The summed E-state index contributed by atoms with van der Waals surface area (Å²) in [5.41, 5.74) is 7.00. The molecule has 5 rings (SSSR count). The van der Waals surface area contributed by atoms with Crippen molar-refractivity contribution in [2.45, 2.75) is 43.9 Å². The van der Waals surface area contributed by atoms with Gasteiger partial charge >= 0.3 is 6.09 Å². The Labute approximate surface area is 186 Å². The van der Waals surface area contributed by atoms with Gasteiger partial charge in [0.15, 0.2) is 0 Å². The maximum Gasteiger partial charge on any atom is 0.408 e. The first-order chi connectivity index (χ1) is 15.3. The van der Waals surface area contributed by atoms with Crippen molar-refractivity contribution in [3.8, 4) is 5.75 Å². The van der Waals surface area contributed by atoms with Gasteiger partial charge < -0.3 is 20.3 Å². The van der Waals surface area contributed by atoms with E-state index in [1.165, 1.54) is 0 Å². The minimum atomic E-state index is -2.15. The van der Waals surface area contributed by atoms with E-state index in [0.29, 0.717) is 23.7 Å². The third-order valence-corrected chi connectivity index (χ3v) is 6.64. The number of rotatable bonds is 6. The number of hydrogen-bond acceptors (Lipinski definition) is 6. The molecule has 0 saturated heterocycles. The molecule has 2 atom stereocenters. The highest BCUT2D eigenvalue weighted by Crippen LogP contribution is 2.59. The molecule has 1 amide bonds. The van der Waals surface area contributed by atoms with Crippen molar-refractivity contribution < 1.29 is 24.2 Å². The molecule has 0 unspecified atom stereocenters. The first-order valence-corrected chi connectivity index (χ1v) is 11.0. The van der Waals surface area contributed by atoms with Crippen LogP contribution in [0, 0.1) is 5.92 Å². The van der Waals surface area contributed by atoms with E-state index in [0.717, 1.165) is 30.4 Å². The van der Waals surface area contributed by atoms with Gasteiger partial charge in [-0.1, -0.05) is 44.2 Å². The van der Waals surface area contributed by atoms with Crippen LogP contribution >= 0.6 is 0 Å². The topological polar surface area (TPSA) is 111 Å².